The zero-order valence-corrected chi connectivity index (χ0v) is 12.2. The smallest absolute Gasteiger partial charge is 0.230 e. The van der Waals surface area contributed by atoms with Gasteiger partial charge in [0.2, 0.25) is 17.7 Å². The number of imide groups is 1. The van der Waals surface area contributed by atoms with Crippen LogP contribution >= 0.6 is 0 Å². The van der Waals surface area contributed by atoms with Crippen molar-refractivity contribution in [3.63, 3.8) is 0 Å². The number of piperidine rings is 1. The molecule has 6 nitrogen and oxygen atoms in total. The lowest BCUT2D eigenvalue weighted by Crippen LogP contribution is -2.45. The first-order valence-corrected chi connectivity index (χ1v) is 6.93. The van der Waals surface area contributed by atoms with E-state index in [2.05, 4.69) is 10.6 Å². The molecule has 2 atom stereocenters. The zero-order valence-electron chi connectivity index (χ0n) is 12.2. The van der Waals surface area contributed by atoms with Crippen LogP contribution in [0.2, 0.25) is 0 Å². The van der Waals surface area contributed by atoms with Crippen molar-refractivity contribution in [3.05, 3.63) is 0 Å². The molecule has 1 aliphatic rings. The number of carbonyl (C=O) groups is 4. The fourth-order valence-corrected chi connectivity index (χ4v) is 2.31. The van der Waals surface area contributed by atoms with Crippen LogP contribution in [0.5, 0.6) is 0 Å². The van der Waals surface area contributed by atoms with Gasteiger partial charge >= 0.3 is 0 Å². The summed E-state index contributed by atoms with van der Waals surface area (Å²) in [6, 6.07) is -0.557. The van der Waals surface area contributed by atoms with Crippen molar-refractivity contribution in [2.24, 2.45) is 11.8 Å². The third-order valence-corrected chi connectivity index (χ3v) is 3.27. The van der Waals surface area contributed by atoms with Gasteiger partial charge in [0, 0.05) is 25.7 Å². The maximum absolute atomic E-state index is 12.2. The second-order valence-corrected chi connectivity index (χ2v) is 5.70. The van der Waals surface area contributed by atoms with E-state index in [4.69, 9.17) is 0 Å². The predicted molar refractivity (Wildman–Crippen MR) is 72.6 cm³/mol. The molecule has 0 aromatic rings. The Labute approximate surface area is 118 Å². The van der Waals surface area contributed by atoms with E-state index in [1.807, 2.05) is 13.8 Å². The number of amides is 3. The molecule has 0 saturated carbocycles. The number of hydrogen-bond acceptors (Lipinski definition) is 4. The van der Waals surface area contributed by atoms with Crippen LogP contribution in [-0.4, -0.2) is 29.5 Å². The van der Waals surface area contributed by atoms with Gasteiger partial charge in [0.1, 0.15) is 0 Å². The van der Waals surface area contributed by atoms with Gasteiger partial charge in [0.25, 0.3) is 0 Å². The molecule has 1 unspecified atom stereocenters. The lowest BCUT2D eigenvalue weighted by Gasteiger charge is -2.23. The largest absolute Gasteiger partial charge is 0.347 e. The maximum atomic E-state index is 12.2. The summed E-state index contributed by atoms with van der Waals surface area (Å²) in [6.07, 6.45) is 1.27. The van der Waals surface area contributed by atoms with Crippen molar-refractivity contribution >= 4 is 23.5 Å². The Kier molecular flexibility index (Phi) is 5.85. The normalized spacial score (nSPS) is 20.5. The van der Waals surface area contributed by atoms with Gasteiger partial charge in [0.05, 0.1) is 6.04 Å². The highest BCUT2D eigenvalue weighted by Crippen LogP contribution is 2.19. The SMILES string of the molecule is CC(=O)N[C@H](CC(C)C)C(=O)CC1CCC(=O)NC1=O. The van der Waals surface area contributed by atoms with Gasteiger partial charge in [-0.2, -0.15) is 0 Å². The van der Waals surface area contributed by atoms with Crippen LogP contribution in [0, 0.1) is 11.8 Å². The molecule has 20 heavy (non-hydrogen) atoms. The summed E-state index contributed by atoms with van der Waals surface area (Å²) in [5.74, 6) is -1.29. The Morgan fingerprint density at radius 3 is 2.50 bits per heavy atom. The van der Waals surface area contributed by atoms with E-state index in [0.29, 0.717) is 12.8 Å². The Morgan fingerprint density at radius 1 is 1.35 bits per heavy atom. The van der Waals surface area contributed by atoms with Crippen molar-refractivity contribution in [3.8, 4) is 0 Å². The first-order chi connectivity index (χ1) is 9.29. The standard InChI is InChI=1S/C14H22N2O4/c1-8(2)6-11(15-9(3)17)12(18)7-10-4-5-13(19)16-14(10)20/h8,10-11H,4-7H2,1-3H3,(H,15,17)(H,16,19,20)/t10?,11-/m1/s1. The minimum Gasteiger partial charge on any atom is -0.347 e. The average molecular weight is 282 g/mol. The average Bonchev–Trinajstić information content (AvgIpc) is 2.30. The molecular formula is C14H22N2O4. The van der Waals surface area contributed by atoms with Crippen LogP contribution in [0.15, 0.2) is 0 Å². The summed E-state index contributed by atoms with van der Waals surface area (Å²) in [5, 5.41) is 4.87. The van der Waals surface area contributed by atoms with Crippen LogP contribution in [0.4, 0.5) is 0 Å². The van der Waals surface area contributed by atoms with Crippen LogP contribution in [0.3, 0.4) is 0 Å². The number of Topliss-reactive ketones (excluding diaryl/α,β-unsaturated/α-hetero) is 1. The van der Waals surface area contributed by atoms with Crippen LogP contribution in [0.25, 0.3) is 0 Å². The number of carbonyl (C=O) groups excluding carboxylic acids is 4. The fraction of sp³-hybridized carbons (Fsp3) is 0.714. The molecule has 0 bridgehead atoms. The highest BCUT2D eigenvalue weighted by Gasteiger charge is 2.31. The molecule has 6 heteroatoms. The third-order valence-electron chi connectivity index (χ3n) is 3.27. The van der Waals surface area contributed by atoms with Gasteiger partial charge in [-0.3, -0.25) is 24.5 Å². The van der Waals surface area contributed by atoms with Gasteiger partial charge < -0.3 is 5.32 Å². The van der Waals surface area contributed by atoms with E-state index >= 15 is 0 Å². The summed E-state index contributed by atoms with van der Waals surface area (Å²) >= 11 is 0. The maximum Gasteiger partial charge on any atom is 0.230 e. The van der Waals surface area contributed by atoms with Crippen LogP contribution < -0.4 is 10.6 Å². The monoisotopic (exact) mass is 282 g/mol. The van der Waals surface area contributed by atoms with E-state index < -0.39 is 12.0 Å². The lowest BCUT2D eigenvalue weighted by molar-refractivity contribution is -0.139. The molecule has 1 saturated heterocycles. The van der Waals surface area contributed by atoms with E-state index in [1.54, 1.807) is 0 Å². The third kappa shape index (κ3) is 5.11. The Morgan fingerprint density at radius 2 is 2.00 bits per heavy atom. The Balaban J connectivity index is 2.63. The second kappa shape index (κ2) is 7.17. The predicted octanol–water partition coefficient (Wildman–Crippen LogP) is 0.549. The molecule has 1 fully saturated rings. The summed E-state index contributed by atoms with van der Waals surface area (Å²) in [4.78, 5) is 46.1. The van der Waals surface area contributed by atoms with Crippen LogP contribution in [0.1, 0.15) is 46.5 Å². The molecule has 2 N–H and O–H groups in total. The number of rotatable bonds is 6. The van der Waals surface area contributed by atoms with Crippen molar-refractivity contribution in [2.45, 2.75) is 52.5 Å². The Bertz CT molecular complexity index is 417. The van der Waals surface area contributed by atoms with Crippen molar-refractivity contribution in [1.82, 2.24) is 10.6 Å². The van der Waals surface area contributed by atoms with Crippen LogP contribution in [-0.2, 0) is 19.2 Å². The molecule has 1 rings (SSSR count). The van der Waals surface area contributed by atoms with Gasteiger partial charge in [-0.15, -0.1) is 0 Å². The lowest BCUT2D eigenvalue weighted by atomic mass is 9.89. The topological polar surface area (TPSA) is 92.3 Å². The first kappa shape index (κ1) is 16.3. The van der Waals surface area contributed by atoms with E-state index in [0.717, 1.165) is 0 Å². The van der Waals surface area contributed by atoms with Crippen molar-refractivity contribution < 1.29 is 19.2 Å². The first-order valence-electron chi connectivity index (χ1n) is 6.93. The van der Waals surface area contributed by atoms with Gasteiger partial charge in [0.15, 0.2) is 5.78 Å². The second-order valence-electron chi connectivity index (χ2n) is 5.70. The van der Waals surface area contributed by atoms with Gasteiger partial charge in [-0.25, -0.2) is 0 Å². The molecule has 0 spiro atoms. The van der Waals surface area contributed by atoms with Gasteiger partial charge in [-0.05, 0) is 18.8 Å². The molecular weight excluding hydrogens is 260 g/mol. The van der Waals surface area contributed by atoms with E-state index in [9.17, 15) is 19.2 Å². The summed E-state index contributed by atoms with van der Waals surface area (Å²) in [6.45, 7) is 5.30. The van der Waals surface area contributed by atoms with Gasteiger partial charge in [-0.1, -0.05) is 13.8 Å². The summed E-state index contributed by atoms with van der Waals surface area (Å²) in [5.41, 5.74) is 0. The number of ketones is 1. The zero-order chi connectivity index (χ0) is 15.3. The highest BCUT2D eigenvalue weighted by molar-refractivity contribution is 6.01. The molecule has 3 amide bonds. The molecule has 0 aromatic heterocycles. The quantitative estimate of drug-likeness (QED) is 0.696. The molecule has 0 aliphatic carbocycles. The molecule has 1 heterocycles. The Hall–Kier alpha value is -1.72. The molecule has 112 valence electrons. The minimum absolute atomic E-state index is 0.0662. The minimum atomic E-state index is -0.557. The number of hydrogen-bond donors (Lipinski definition) is 2. The molecule has 0 aromatic carbocycles. The fourth-order valence-electron chi connectivity index (χ4n) is 2.31. The summed E-state index contributed by atoms with van der Waals surface area (Å²) < 4.78 is 0. The number of nitrogens with one attached hydrogen (secondary N) is 2. The summed E-state index contributed by atoms with van der Waals surface area (Å²) in [7, 11) is 0. The highest BCUT2D eigenvalue weighted by atomic mass is 16.2. The molecule has 1 aliphatic heterocycles. The van der Waals surface area contributed by atoms with Crippen molar-refractivity contribution in [1.29, 1.82) is 0 Å². The van der Waals surface area contributed by atoms with E-state index in [1.165, 1.54) is 6.92 Å². The van der Waals surface area contributed by atoms with Crippen molar-refractivity contribution in [2.75, 3.05) is 0 Å². The molecule has 0 radical (unpaired) electrons. The van der Waals surface area contributed by atoms with E-state index in [-0.39, 0.29) is 42.3 Å².